The molecule has 0 saturated carbocycles. The fraction of sp³-hybridized carbons (Fsp3) is 0.125. The largest absolute Gasteiger partial charge is 0.349 e. The fourth-order valence-corrected chi connectivity index (χ4v) is 3.67. The summed E-state index contributed by atoms with van der Waals surface area (Å²) in [6.45, 7) is 0. The monoisotopic (exact) mass is 342 g/mol. The molecule has 0 radical (unpaired) electrons. The van der Waals surface area contributed by atoms with E-state index in [1.807, 2.05) is 6.07 Å². The maximum absolute atomic E-state index is 5.43. The summed E-state index contributed by atoms with van der Waals surface area (Å²) in [4.78, 5) is 5.65. The van der Waals surface area contributed by atoms with Gasteiger partial charge in [-0.1, -0.05) is 36.5 Å². The number of allylic oxidation sites excluding steroid dienone is 5. The number of nitrogens with one attached hydrogen (secondary N) is 1. The van der Waals surface area contributed by atoms with Crippen molar-refractivity contribution >= 4 is 50.1 Å². The molecule has 2 heterocycles. The summed E-state index contributed by atoms with van der Waals surface area (Å²) >= 11 is 9.04. The van der Waals surface area contributed by atoms with Crippen LogP contribution in [0.3, 0.4) is 0 Å². The minimum Gasteiger partial charge on any atom is -0.349 e. The van der Waals surface area contributed by atoms with Crippen LogP contribution in [0.15, 0.2) is 57.2 Å². The van der Waals surface area contributed by atoms with Crippen molar-refractivity contribution in [2.45, 2.75) is 12.8 Å². The van der Waals surface area contributed by atoms with Crippen LogP contribution in [0.25, 0.3) is 5.57 Å². The smallest absolute Gasteiger partial charge is 0.0857 e. The number of anilines is 1. The van der Waals surface area contributed by atoms with E-state index in [9.17, 15) is 0 Å². The summed E-state index contributed by atoms with van der Waals surface area (Å²) in [6.07, 6.45) is 5.88. The van der Waals surface area contributed by atoms with Crippen LogP contribution in [0.2, 0.25) is 0 Å². The van der Waals surface area contributed by atoms with Gasteiger partial charge >= 0.3 is 0 Å². The zero-order valence-electron chi connectivity index (χ0n) is 10.6. The molecule has 98 valence electrons. The number of thiocarbonyl (C=S) groups is 1. The first kappa shape index (κ1) is 12.2. The van der Waals surface area contributed by atoms with Gasteiger partial charge in [0.25, 0.3) is 0 Å². The van der Waals surface area contributed by atoms with Crippen molar-refractivity contribution in [1.82, 2.24) is 0 Å². The molecule has 0 amide bonds. The number of fused-ring (bicyclic) bond motifs is 4. The molecule has 0 aromatic heterocycles. The predicted octanol–water partition coefficient (Wildman–Crippen LogP) is 4.60. The zero-order valence-corrected chi connectivity index (χ0v) is 13.0. The van der Waals surface area contributed by atoms with E-state index in [0.29, 0.717) is 6.42 Å². The number of aliphatic imine (C=N–C) groups is 1. The van der Waals surface area contributed by atoms with Gasteiger partial charge in [-0.2, -0.15) is 0 Å². The lowest BCUT2D eigenvalue weighted by Gasteiger charge is -2.13. The van der Waals surface area contributed by atoms with Gasteiger partial charge in [-0.15, -0.1) is 0 Å². The molecule has 3 aliphatic rings. The summed E-state index contributed by atoms with van der Waals surface area (Å²) in [5, 5.41) is 3.33. The molecule has 2 nitrogen and oxygen atoms in total. The van der Waals surface area contributed by atoms with Gasteiger partial charge in [0, 0.05) is 27.7 Å². The molecule has 0 fully saturated rings. The summed E-state index contributed by atoms with van der Waals surface area (Å²) in [7, 11) is 0. The molecule has 0 bridgehead atoms. The van der Waals surface area contributed by atoms with E-state index in [1.165, 1.54) is 16.7 Å². The highest BCUT2D eigenvalue weighted by atomic mass is 79.9. The highest BCUT2D eigenvalue weighted by Gasteiger charge is 2.30. The van der Waals surface area contributed by atoms with E-state index in [0.717, 1.165) is 33.0 Å². The van der Waals surface area contributed by atoms with E-state index in [1.54, 1.807) is 0 Å². The van der Waals surface area contributed by atoms with Crippen LogP contribution < -0.4 is 5.32 Å². The van der Waals surface area contributed by atoms with Crippen LogP contribution in [0.1, 0.15) is 18.4 Å². The third-order valence-corrected chi connectivity index (χ3v) is 4.62. The molecule has 0 atom stereocenters. The lowest BCUT2D eigenvalue weighted by atomic mass is 9.92. The van der Waals surface area contributed by atoms with Crippen LogP contribution in [0, 0.1) is 0 Å². The Morgan fingerprint density at radius 3 is 3.00 bits per heavy atom. The van der Waals surface area contributed by atoms with E-state index >= 15 is 0 Å². The number of para-hydroxylation sites is 1. The molecule has 1 N–H and O–H groups in total. The van der Waals surface area contributed by atoms with Gasteiger partial charge < -0.3 is 5.32 Å². The van der Waals surface area contributed by atoms with E-state index < -0.39 is 0 Å². The Morgan fingerprint density at radius 1 is 1.25 bits per heavy atom. The molecule has 0 saturated heterocycles. The number of rotatable bonds is 0. The maximum Gasteiger partial charge on any atom is 0.0857 e. The van der Waals surface area contributed by atoms with Crippen molar-refractivity contribution in [2.24, 2.45) is 4.99 Å². The number of nitrogens with zero attached hydrogens (tertiary/aromatic N) is 1. The Kier molecular flexibility index (Phi) is 2.75. The van der Waals surface area contributed by atoms with Crippen LogP contribution in [0.5, 0.6) is 0 Å². The van der Waals surface area contributed by atoms with Crippen LogP contribution in [-0.2, 0) is 0 Å². The minimum atomic E-state index is 0.701. The second-order valence-electron chi connectivity index (χ2n) is 4.99. The molecule has 2 aliphatic heterocycles. The second kappa shape index (κ2) is 4.50. The van der Waals surface area contributed by atoms with E-state index in [-0.39, 0.29) is 0 Å². The Labute approximate surface area is 131 Å². The molecule has 0 spiro atoms. The van der Waals surface area contributed by atoms with Gasteiger partial charge in [0.1, 0.15) is 0 Å². The molecular weight excluding hydrogens is 332 g/mol. The SMILES string of the molecule is S=C1CC2=NC3=C(Br)C=CCC3=C2c2ccccc2N1. The number of hydrogen-bond donors (Lipinski definition) is 1. The zero-order chi connectivity index (χ0) is 13.7. The first-order valence-corrected chi connectivity index (χ1v) is 7.71. The topological polar surface area (TPSA) is 24.4 Å². The molecule has 4 heteroatoms. The Hall–Kier alpha value is -1.52. The predicted molar refractivity (Wildman–Crippen MR) is 91.3 cm³/mol. The van der Waals surface area contributed by atoms with Crippen LogP contribution in [-0.4, -0.2) is 10.7 Å². The summed E-state index contributed by atoms with van der Waals surface area (Å²) in [5.41, 5.74) is 6.98. The average molecular weight is 343 g/mol. The van der Waals surface area contributed by atoms with Crippen molar-refractivity contribution in [3.05, 3.63) is 57.7 Å². The van der Waals surface area contributed by atoms with Crippen LogP contribution in [0.4, 0.5) is 5.69 Å². The van der Waals surface area contributed by atoms with Gasteiger partial charge in [0.2, 0.25) is 0 Å². The molecule has 1 aromatic rings. The molecule has 0 unspecified atom stereocenters. The van der Waals surface area contributed by atoms with E-state index in [2.05, 4.69) is 51.6 Å². The van der Waals surface area contributed by atoms with Crippen molar-refractivity contribution in [1.29, 1.82) is 0 Å². The van der Waals surface area contributed by atoms with Gasteiger partial charge in [-0.3, -0.25) is 4.99 Å². The highest BCUT2D eigenvalue weighted by molar-refractivity contribution is 9.11. The van der Waals surface area contributed by atoms with Crippen molar-refractivity contribution in [3.8, 4) is 0 Å². The third kappa shape index (κ3) is 1.75. The van der Waals surface area contributed by atoms with Gasteiger partial charge in [0.05, 0.1) is 16.4 Å². The second-order valence-corrected chi connectivity index (χ2v) is 6.33. The Morgan fingerprint density at radius 2 is 2.10 bits per heavy atom. The van der Waals surface area contributed by atoms with E-state index in [4.69, 9.17) is 17.2 Å². The summed E-state index contributed by atoms with van der Waals surface area (Å²) in [6, 6.07) is 8.32. The maximum atomic E-state index is 5.43. The quantitative estimate of drug-likeness (QED) is 0.696. The summed E-state index contributed by atoms with van der Waals surface area (Å²) in [5.74, 6) is 0. The number of halogens is 1. The highest BCUT2D eigenvalue weighted by Crippen LogP contribution is 2.43. The normalized spacial score (nSPS) is 20.1. The van der Waals surface area contributed by atoms with Gasteiger partial charge in [-0.05, 0) is 40.1 Å². The molecule has 1 aromatic carbocycles. The molecular formula is C16H11BrN2S. The van der Waals surface area contributed by atoms with Crippen molar-refractivity contribution in [3.63, 3.8) is 0 Å². The standard InChI is InChI=1S/C16H11BrN2S/c17-11-6-3-5-10-15-9-4-1-2-7-12(9)18-14(20)8-13(15)19-16(10)11/h1-4,6-7H,5,8H2,(H,18,20). The molecule has 1 aliphatic carbocycles. The van der Waals surface area contributed by atoms with Crippen molar-refractivity contribution < 1.29 is 0 Å². The summed E-state index contributed by atoms with van der Waals surface area (Å²) < 4.78 is 1.06. The lowest BCUT2D eigenvalue weighted by molar-refractivity contribution is 1.18. The third-order valence-electron chi connectivity index (χ3n) is 3.73. The fourth-order valence-electron chi connectivity index (χ4n) is 2.91. The van der Waals surface area contributed by atoms with Crippen LogP contribution >= 0.6 is 28.1 Å². The lowest BCUT2D eigenvalue weighted by Crippen LogP contribution is -2.10. The van der Waals surface area contributed by atoms with Gasteiger partial charge in [0.15, 0.2) is 0 Å². The Balaban J connectivity index is 2.03. The van der Waals surface area contributed by atoms with Crippen molar-refractivity contribution in [2.75, 3.05) is 5.32 Å². The average Bonchev–Trinajstić information content (AvgIpc) is 2.72. The molecule has 4 rings (SSSR count). The Bertz CT molecular complexity index is 768. The van der Waals surface area contributed by atoms with Gasteiger partial charge in [-0.25, -0.2) is 0 Å². The minimum absolute atomic E-state index is 0.701. The number of hydrogen-bond acceptors (Lipinski definition) is 2. The first-order chi connectivity index (χ1) is 9.74. The number of benzene rings is 1. The molecule has 20 heavy (non-hydrogen) atoms. The first-order valence-electron chi connectivity index (χ1n) is 6.51.